The smallest absolute Gasteiger partial charge is 0.410 e. The fraction of sp³-hybridized carbons (Fsp3) is 0.600. The van der Waals surface area contributed by atoms with Crippen molar-refractivity contribution >= 4 is 12.0 Å². The van der Waals surface area contributed by atoms with E-state index in [1.165, 1.54) is 0 Å². The van der Waals surface area contributed by atoms with E-state index in [4.69, 9.17) is 14.2 Å². The van der Waals surface area contributed by atoms with Gasteiger partial charge in [0.1, 0.15) is 18.8 Å². The predicted molar refractivity (Wildman–Crippen MR) is 100 cm³/mol. The molecule has 0 atom stereocenters. The molecule has 0 saturated carbocycles. The largest absolute Gasteiger partial charge is 0.486 e. The van der Waals surface area contributed by atoms with Gasteiger partial charge >= 0.3 is 6.09 Å². The highest BCUT2D eigenvalue weighted by molar-refractivity contribution is 5.94. The van der Waals surface area contributed by atoms with E-state index in [0.29, 0.717) is 55.8 Å². The molecular weight excluding hydrogens is 348 g/mol. The minimum Gasteiger partial charge on any atom is -0.486 e. The molecule has 0 aliphatic carbocycles. The molecule has 0 spiro atoms. The molecule has 7 nitrogen and oxygen atoms in total. The van der Waals surface area contributed by atoms with Crippen molar-refractivity contribution in [2.24, 2.45) is 5.92 Å². The lowest BCUT2D eigenvalue weighted by atomic mass is 9.97. The molecule has 27 heavy (non-hydrogen) atoms. The van der Waals surface area contributed by atoms with Crippen molar-refractivity contribution in [1.29, 1.82) is 0 Å². The molecule has 2 amide bonds. The third-order valence-electron chi connectivity index (χ3n) is 4.62. The highest BCUT2D eigenvalue weighted by Gasteiger charge is 2.27. The Hall–Kier alpha value is -2.44. The van der Waals surface area contributed by atoms with E-state index < -0.39 is 5.60 Å². The van der Waals surface area contributed by atoms with Crippen LogP contribution in [0.1, 0.15) is 44.0 Å². The molecule has 2 aliphatic heterocycles. The number of nitrogens with one attached hydrogen (secondary N) is 1. The zero-order chi connectivity index (χ0) is 19.4. The molecule has 148 valence electrons. The topological polar surface area (TPSA) is 77.1 Å². The van der Waals surface area contributed by atoms with Gasteiger partial charge in [-0.3, -0.25) is 4.79 Å². The molecule has 0 aromatic heterocycles. The van der Waals surface area contributed by atoms with E-state index in [1.54, 1.807) is 23.1 Å². The number of fused-ring (bicyclic) bond motifs is 1. The fourth-order valence-corrected chi connectivity index (χ4v) is 3.17. The number of rotatable bonds is 3. The first kappa shape index (κ1) is 19.3. The van der Waals surface area contributed by atoms with Crippen LogP contribution in [0.5, 0.6) is 11.5 Å². The maximum absolute atomic E-state index is 12.4. The molecule has 1 fully saturated rings. The molecule has 2 aliphatic rings. The van der Waals surface area contributed by atoms with Gasteiger partial charge in [0.15, 0.2) is 11.5 Å². The van der Waals surface area contributed by atoms with Crippen LogP contribution in [0, 0.1) is 5.92 Å². The van der Waals surface area contributed by atoms with Crippen LogP contribution in [-0.2, 0) is 4.74 Å². The van der Waals surface area contributed by atoms with Gasteiger partial charge in [-0.15, -0.1) is 0 Å². The van der Waals surface area contributed by atoms with Gasteiger partial charge in [0.25, 0.3) is 5.91 Å². The van der Waals surface area contributed by atoms with Gasteiger partial charge in [0, 0.05) is 25.2 Å². The van der Waals surface area contributed by atoms with Gasteiger partial charge in [-0.1, -0.05) is 0 Å². The summed E-state index contributed by atoms with van der Waals surface area (Å²) in [5.41, 5.74) is 0.0800. The van der Waals surface area contributed by atoms with Crippen molar-refractivity contribution in [3.05, 3.63) is 23.8 Å². The lowest BCUT2D eigenvalue weighted by Crippen LogP contribution is -2.43. The fourth-order valence-electron chi connectivity index (χ4n) is 3.17. The van der Waals surface area contributed by atoms with E-state index in [9.17, 15) is 9.59 Å². The second-order valence-corrected chi connectivity index (χ2v) is 7.98. The van der Waals surface area contributed by atoms with Crippen LogP contribution in [0.25, 0.3) is 0 Å². The molecule has 0 bridgehead atoms. The number of benzene rings is 1. The molecule has 3 rings (SSSR count). The Morgan fingerprint density at radius 3 is 2.48 bits per heavy atom. The van der Waals surface area contributed by atoms with Crippen molar-refractivity contribution in [2.75, 3.05) is 32.8 Å². The summed E-state index contributed by atoms with van der Waals surface area (Å²) in [6.45, 7) is 8.52. The molecule has 1 saturated heterocycles. The second kappa shape index (κ2) is 8.06. The summed E-state index contributed by atoms with van der Waals surface area (Å²) in [7, 11) is 0. The highest BCUT2D eigenvalue weighted by Crippen LogP contribution is 2.30. The number of hydrogen-bond donors (Lipinski definition) is 1. The summed E-state index contributed by atoms with van der Waals surface area (Å²) in [6.07, 6.45) is 1.43. The van der Waals surface area contributed by atoms with Crippen molar-refractivity contribution in [3.63, 3.8) is 0 Å². The number of amides is 2. The Balaban J connectivity index is 1.45. The van der Waals surface area contributed by atoms with Crippen LogP contribution in [0.3, 0.4) is 0 Å². The molecule has 0 radical (unpaired) electrons. The monoisotopic (exact) mass is 376 g/mol. The summed E-state index contributed by atoms with van der Waals surface area (Å²) in [5, 5.41) is 2.99. The first-order chi connectivity index (χ1) is 12.8. The molecular formula is C20H28N2O5. The van der Waals surface area contributed by atoms with Crippen LogP contribution in [0.4, 0.5) is 4.79 Å². The van der Waals surface area contributed by atoms with Crippen molar-refractivity contribution < 1.29 is 23.8 Å². The quantitative estimate of drug-likeness (QED) is 0.878. The number of likely N-dealkylation sites (tertiary alicyclic amines) is 1. The van der Waals surface area contributed by atoms with Gasteiger partial charge in [0.2, 0.25) is 0 Å². The summed E-state index contributed by atoms with van der Waals surface area (Å²) in [5.74, 6) is 1.51. The zero-order valence-corrected chi connectivity index (χ0v) is 16.2. The molecule has 1 aromatic rings. The van der Waals surface area contributed by atoms with Crippen molar-refractivity contribution in [1.82, 2.24) is 10.2 Å². The Bertz CT molecular complexity index is 690. The molecule has 0 unspecified atom stereocenters. The maximum atomic E-state index is 12.4. The molecule has 2 heterocycles. The van der Waals surface area contributed by atoms with Gasteiger partial charge in [-0.2, -0.15) is 0 Å². The Morgan fingerprint density at radius 1 is 1.15 bits per heavy atom. The van der Waals surface area contributed by atoms with Crippen LogP contribution >= 0.6 is 0 Å². The SMILES string of the molecule is CC(C)(C)OC(=O)N1CCC(CNC(=O)c2ccc3c(c2)OCCO3)CC1. The van der Waals surface area contributed by atoms with E-state index in [1.807, 2.05) is 20.8 Å². The van der Waals surface area contributed by atoms with E-state index in [0.717, 1.165) is 12.8 Å². The number of ether oxygens (including phenoxy) is 3. The Labute approximate surface area is 160 Å². The van der Waals surface area contributed by atoms with Crippen LogP contribution < -0.4 is 14.8 Å². The van der Waals surface area contributed by atoms with E-state index in [2.05, 4.69) is 5.32 Å². The minimum absolute atomic E-state index is 0.124. The predicted octanol–water partition coefficient (Wildman–Crippen LogP) is 2.83. The van der Waals surface area contributed by atoms with Gasteiger partial charge in [0.05, 0.1) is 0 Å². The lowest BCUT2D eigenvalue weighted by Gasteiger charge is -2.33. The number of hydrogen-bond acceptors (Lipinski definition) is 5. The standard InChI is InChI=1S/C20H28N2O5/c1-20(2,3)27-19(24)22-8-6-14(7-9-22)13-21-18(23)15-4-5-16-17(12-15)26-11-10-25-16/h4-5,12,14H,6-11,13H2,1-3H3,(H,21,23). The molecule has 1 aromatic carbocycles. The second-order valence-electron chi connectivity index (χ2n) is 7.98. The Morgan fingerprint density at radius 2 is 1.81 bits per heavy atom. The molecule has 7 heteroatoms. The summed E-state index contributed by atoms with van der Waals surface area (Å²) >= 11 is 0. The number of carbonyl (C=O) groups is 2. The summed E-state index contributed by atoms with van der Waals surface area (Å²) < 4.78 is 16.4. The van der Waals surface area contributed by atoms with Gasteiger partial charge in [-0.25, -0.2) is 4.79 Å². The number of nitrogens with zero attached hydrogens (tertiary/aromatic N) is 1. The average molecular weight is 376 g/mol. The average Bonchev–Trinajstić information content (AvgIpc) is 2.64. The zero-order valence-electron chi connectivity index (χ0n) is 16.2. The number of carbonyl (C=O) groups excluding carboxylic acids is 2. The highest BCUT2D eigenvalue weighted by atomic mass is 16.6. The van der Waals surface area contributed by atoms with Crippen molar-refractivity contribution in [3.8, 4) is 11.5 Å². The number of piperidine rings is 1. The Kier molecular flexibility index (Phi) is 5.77. The molecule has 1 N–H and O–H groups in total. The minimum atomic E-state index is -0.481. The normalized spacial score (nSPS) is 17.4. The third kappa shape index (κ3) is 5.28. The lowest BCUT2D eigenvalue weighted by molar-refractivity contribution is 0.0183. The van der Waals surface area contributed by atoms with Crippen LogP contribution in [0.15, 0.2) is 18.2 Å². The van der Waals surface area contributed by atoms with Gasteiger partial charge < -0.3 is 24.4 Å². The maximum Gasteiger partial charge on any atom is 0.410 e. The van der Waals surface area contributed by atoms with Crippen LogP contribution in [-0.4, -0.2) is 55.3 Å². The summed E-state index contributed by atoms with van der Waals surface area (Å²) in [6, 6.07) is 5.23. The summed E-state index contributed by atoms with van der Waals surface area (Å²) in [4.78, 5) is 26.3. The van der Waals surface area contributed by atoms with Crippen molar-refractivity contribution in [2.45, 2.75) is 39.2 Å². The van der Waals surface area contributed by atoms with Gasteiger partial charge in [-0.05, 0) is 57.7 Å². The van der Waals surface area contributed by atoms with E-state index >= 15 is 0 Å². The van der Waals surface area contributed by atoms with E-state index in [-0.39, 0.29) is 12.0 Å². The third-order valence-corrected chi connectivity index (χ3v) is 4.62. The first-order valence-corrected chi connectivity index (χ1v) is 9.47. The van der Waals surface area contributed by atoms with Crippen LogP contribution in [0.2, 0.25) is 0 Å². The first-order valence-electron chi connectivity index (χ1n) is 9.47.